The first kappa shape index (κ1) is 10.3. The first-order valence-electron chi connectivity index (χ1n) is 4.91. The molecule has 2 heteroatoms. The minimum absolute atomic E-state index is 0.581. The van der Waals surface area contributed by atoms with E-state index in [1.54, 1.807) is 6.20 Å². The molecule has 0 heterocycles. The topological polar surface area (TPSA) is 21.3 Å². The van der Waals surface area contributed by atoms with E-state index >= 15 is 0 Å². The second-order valence-electron chi connectivity index (χ2n) is 3.61. The Morgan fingerprint density at radius 3 is 3.08 bits per heavy atom. The van der Waals surface area contributed by atoms with Crippen LogP contribution in [-0.2, 0) is 4.74 Å². The van der Waals surface area contributed by atoms with Crippen LogP contribution in [0.25, 0.3) is 0 Å². The van der Waals surface area contributed by atoms with Crippen LogP contribution < -0.4 is 5.32 Å². The summed E-state index contributed by atoms with van der Waals surface area (Å²) in [4.78, 5) is 0. The Labute approximate surface area is 80.7 Å². The van der Waals surface area contributed by atoms with Crippen molar-refractivity contribution in [3.8, 4) is 0 Å². The normalized spacial score (nSPS) is 21.8. The number of hydrogen-bond donors (Lipinski definition) is 1. The van der Waals surface area contributed by atoms with Gasteiger partial charge in [0.25, 0.3) is 0 Å². The van der Waals surface area contributed by atoms with Crippen LogP contribution in [0.4, 0.5) is 0 Å². The van der Waals surface area contributed by atoms with Crippen molar-refractivity contribution in [2.75, 3.05) is 13.3 Å². The van der Waals surface area contributed by atoms with E-state index in [2.05, 4.69) is 18.5 Å². The van der Waals surface area contributed by atoms with Crippen LogP contribution in [0.5, 0.6) is 0 Å². The maximum atomic E-state index is 5.36. The van der Waals surface area contributed by atoms with Crippen molar-refractivity contribution in [1.82, 2.24) is 5.32 Å². The molecule has 1 aliphatic carbocycles. The Morgan fingerprint density at radius 1 is 1.62 bits per heavy atom. The second kappa shape index (κ2) is 5.81. The van der Waals surface area contributed by atoms with Crippen molar-refractivity contribution in [2.24, 2.45) is 5.92 Å². The first-order valence-corrected chi connectivity index (χ1v) is 4.91. The summed E-state index contributed by atoms with van der Waals surface area (Å²) in [5, 5.41) is 2.91. The summed E-state index contributed by atoms with van der Waals surface area (Å²) in [5.41, 5.74) is 1.41. The molecule has 0 aromatic carbocycles. The Kier molecular flexibility index (Phi) is 4.61. The second-order valence-corrected chi connectivity index (χ2v) is 3.61. The summed E-state index contributed by atoms with van der Waals surface area (Å²) in [6, 6.07) is 0. The van der Waals surface area contributed by atoms with E-state index in [1.165, 1.54) is 24.8 Å². The molecular formula is C11H19NO. The summed E-state index contributed by atoms with van der Waals surface area (Å²) >= 11 is 0. The molecule has 1 fully saturated rings. The van der Waals surface area contributed by atoms with Gasteiger partial charge in [-0.3, -0.25) is 0 Å². The van der Waals surface area contributed by atoms with Crippen LogP contribution in [0.3, 0.4) is 0 Å². The highest BCUT2D eigenvalue weighted by Crippen LogP contribution is 2.30. The number of ether oxygens (including phenoxy) is 1. The van der Waals surface area contributed by atoms with E-state index in [4.69, 9.17) is 4.74 Å². The zero-order chi connectivity index (χ0) is 9.52. The number of allylic oxidation sites excluding steroid dienone is 1. The van der Waals surface area contributed by atoms with E-state index in [0.717, 1.165) is 18.9 Å². The van der Waals surface area contributed by atoms with Gasteiger partial charge < -0.3 is 10.1 Å². The van der Waals surface area contributed by atoms with Crippen molar-refractivity contribution in [2.45, 2.75) is 25.7 Å². The molecule has 0 aromatic rings. The van der Waals surface area contributed by atoms with Gasteiger partial charge in [-0.05, 0) is 37.8 Å². The fraction of sp³-hybridized carbons (Fsp3) is 0.636. The van der Waals surface area contributed by atoms with Gasteiger partial charge in [-0.25, -0.2) is 0 Å². The Morgan fingerprint density at radius 2 is 2.46 bits per heavy atom. The lowest BCUT2D eigenvalue weighted by Crippen LogP contribution is -2.12. The molecule has 1 rings (SSSR count). The summed E-state index contributed by atoms with van der Waals surface area (Å²) in [6.07, 6.45) is 6.54. The Balaban J connectivity index is 1.94. The summed E-state index contributed by atoms with van der Waals surface area (Å²) < 4.78 is 5.36. The van der Waals surface area contributed by atoms with Gasteiger partial charge in [0.2, 0.25) is 0 Å². The molecule has 0 bridgehead atoms. The molecule has 0 radical (unpaired) electrons. The maximum absolute atomic E-state index is 5.36. The molecule has 0 saturated heterocycles. The highest BCUT2D eigenvalue weighted by molar-refractivity contribution is 5.01. The highest BCUT2D eigenvalue weighted by Gasteiger charge is 2.17. The maximum Gasteiger partial charge on any atom is 0.116 e. The number of nitrogens with one attached hydrogen (secondary N) is 1. The van der Waals surface area contributed by atoms with E-state index in [1.807, 2.05) is 0 Å². The lowest BCUT2D eigenvalue weighted by Gasteiger charge is -2.08. The summed E-state index contributed by atoms with van der Waals surface area (Å²) in [5.74, 6) is 0.816. The Bertz CT molecular complexity index is 177. The fourth-order valence-corrected chi connectivity index (χ4v) is 1.71. The molecule has 0 aliphatic heterocycles. The molecule has 1 saturated carbocycles. The molecule has 1 atom stereocenters. The molecule has 1 N–H and O–H groups in total. The van der Waals surface area contributed by atoms with Crippen molar-refractivity contribution in [3.63, 3.8) is 0 Å². The van der Waals surface area contributed by atoms with E-state index in [9.17, 15) is 0 Å². The van der Waals surface area contributed by atoms with Crippen molar-refractivity contribution in [1.29, 1.82) is 0 Å². The largest absolute Gasteiger partial charge is 0.369 e. The quantitative estimate of drug-likeness (QED) is 0.386. The summed E-state index contributed by atoms with van der Waals surface area (Å²) in [6.45, 7) is 8.97. The average Bonchev–Trinajstić information content (AvgIpc) is 2.51. The lowest BCUT2D eigenvalue weighted by atomic mass is 10.0. The molecular weight excluding hydrogens is 162 g/mol. The predicted molar refractivity (Wildman–Crippen MR) is 55.2 cm³/mol. The fourth-order valence-electron chi connectivity index (χ4n) is 1.71. The van der Waals surface area contributed by atoms with Crippen LogP contribution in [-0.4, -0.2) is 13.3 Å². The van der Waals surface area contributed by atoms with Gasteiger partial charge in [-0.15, -0.1) is 0 Å². The van der Waals surface area contributed by atoms with Crippen LogP contribution >= 0.6 is 0 Å². The molecule has 0 amide bonds. The predicted octanol–water partition coefficient (Wildman–Crippen LogP) is 2.44. The lowest BCUT2D eigenvalue weighted by molar-refractivity contribution is 0.113. The van der Waals surface area contributed by atoms with Gasteiger partial charge in [0.1, 0.15) is 6.73 Å². The van der Waals surface area contributed by atoms with Gasteiger partial charge >= 0.3 is 0 Å². The molecule has 1 unspecified atom stereocenters. The monoisotopic (exact) mass is 181 g/mol. The molecule has 2 nitrogen and oxygen atoms in total. The van der Waals surface area contributed by atoms with Gasteiger partial charge in [0, 0.05) is 6.61 Å². The molecule has 1 aliphatic rings. The molecule has 0 aromatic heterocycles. The standard InChI is InChI=1S/C11H19NO/c1-3-12-9-13-7-6-11-5-4-10(2)8-11/h3,11-12H,1-2,4-9H2. The zero-order valence-electron chi connectivity index (χ0n) is 8.22. The third kappa shape index (κ3) is 4.13. The molecule has 74 valence electrons. The molecule has 0 spiro atoms. The number of hydrogen-bond acceptors (Lipinski definition) is 2. The summed E-state index contributed by atoms with van der Waals surface area (Å²) in [7, 11) is 0. The van der Waals surface area contributed by atoms with Crippen LogP contribution in [0, 0.1) is 5.92 Å². The van der Waals surface area contributed by atoms with Crippen molar-refractivity contribution in [3.05, 3.63) is 24.9 Å². The highest BCUT2D eigenvalue weighted by atomic mass is 16.5. The van der Waals surface area contributed by atoms with Gasteiger partial charge in [0.15, 0.2) is 0 Å². The molecule has 13 heavy (non-hydrogen) atoms. The number of rotatable bonds is 6. The minimum atomic E-state index is 0.581. The zero-order valence-corrected chi connectivity index (χ0v) is 8.22. The van der Waals surface area contributed by atoms with E-state index in [-0.39, 0.29) is 0 Å². The van der Waals surface area contributed by atoms with Crippen molar-refractivity contribution >= 4 is 0 Å². The van der Waals surface area contributed by atoms with Gasteiger partial charge in [0.05, 0.1) is 0 Å². The van der Waals surface area contributed by atoms with E-state index < -0.39 is 0 Å². The third-order valence-electron chi connectivity index (χ3n) is 2.48. The van der Waals surface area contributed by atoms with E-state index in [0.29, 0.717) is 6.73 Å². The van der Waals surface area contributed by atoms with Gasteiger partial charge in [-0.1, -0.05) is 18.7 Å². The third-order valence-corrected chi connectivity index (χ3v) is 2.48. The minimum Gasteiger partial charge on any atom is -0.369 e. The SMILES string of the molecule is C=CNCOCCC1CCC(=C)C1. The smallest absolute Gasteiger partial charge is 0.116 e. The average molecular weight is 181 g/mol. The van der Waals surface area contributed by atoms with Crippen LogP contribution in [0.1, 0.15) is 25.7 Å². The van der Waals surface area contributed by atoms with Gasteiger partial charge in [-0.2, -0.15) is 0 Å². The first-order chi connectivity index (χ1) is 6.33. The van der Waals surface area contributed by atoms with Crippen LogP contribution in [0.2, 0.25) is 0 Å². The Hall–Kier alpha value is -0.760. The van der Waals surface area contributed by atoms with Crippen molar-refractivity contribution < 1.29 is 4.74 Å². The van der Waals surface area contributed by atoms with Crippen LogP contribution in [0.15, 0.2) is 24.9 Å².